The van der Waals surface area contributed by atoms with Gasteiger partial charge in [0.05, 0.1) is 24.3 Å². The number of sulfone groups is 1. The average Bonchev–Trinajstić information content (AvgIpc) is 3.16. The summed E-state index contributed by atoms with van der Waals surface area (Å²) in [6.07, 6.45) is 0. The molecule has 0 radical (unpaired) electrons. The first-order valence-electron chi connectivity index (χ1n) is 8.80. The van der Waals surface area contributed by atoms with Gasteiger partial charge in [-0.05, 0) is 40.6 Å². The molecule has 0 atom stereocenters. The molecular formula is C22H19NO3S2. The van der Waals surface area contributed by atoms with Gasteiger partial charge in [-0.3, -0.25) is 0 Å². The third kappa shape index (κ3) is 4.08. The van der Waals surface area contributed by atoms with Crippen LogP contribution in [0.2, 0.25) is 0 Å². The van der Waals surface area contributed by atoms with Crippen molar-refractivity contribution in [1.29, 1.82) is 0 Å². The van der Waals surface area contributed by atoms with Crippen LogP contribution in [0.15, 0.2) is 72.1 Å². The van der Waals surface area contributed by atoms with E-state index in [1.807, 2.05) is 72.1 Å². The van der Waals surface area contributed by atoms with Gasteiger partial charge in [0.1, 0.15) is 10.8 Å². The van der Waals surface area contributed by atoms with Crippen molar-refractivity contribution in [3.05, 3.63) is 83.4 Å². The van der Waals surface area contributed by atoms with Crippen molar-refractivity contribution in [3.63, 3.8) is 0 Å². The first-order chi connectivity index (χ1) is 13.5. The monoisotopic (exact) mass is 409 g/mol. The molecule has 3 aromatic carbocycles. The van der Waals surface area contributed by atoms with Gasteiger partial charge < -0.3 is 4.74 Å². The lowest BCUT2D eigenvalue weighted by molar-refractivity contribution is 0.415. The molecule has 0 saturated carbocycles. The van der Waals surface area contributed by atoms with E-state index in [1.165, 1.54) is 11.3 Å². The van der Waals surface area contributed by atoms with Crippen LogP contribution in [-0.4, -0.2) is 20.5 Å². The van der Waals surface area contributed by atoms with Crippen LogP contribution in [0.4, 0.5) is 0 Å². The van der Waals surface area contributed by atoms with Crippen molar-refractivity contribution < 1.29 is 13.2 Å². The Hall–Kier alpha value is -2.70. The molecule has 4 aromatic rings. The Balaban J connectivity index is 1.54. The van der Waals surface area contributed by atoms with Crippen LogP contribution in [0, 0.1) is 0 Å². The van der Waals surface area contributed by atoms with Crippen LogP contribution in [0.5, 0.6) is 5.75 Å². The molecule has 28 heavy (non-hydrogen) atoms. The second-order valence-electron chi connectivity index (χ2n) is 6.54. The molecule has 142 valence electrons. The normalized spacial score (nSPS) is 11.6. The predicted octanol–water partition coefficient (Wildman–Crippen LogP) is 5.09. The van der Waals surface area contributed by atoms with Gasteiger partial charge in [-0.15, -0.1) is 11.3 Å². The van der Waals surface area contributed by atoms with E-state index in [4.69, 9.17) is 4.74 Å². The highest BCUT2D eigenvalue weighted by Gasteiger charge is 2.17. The summed E-state index contributed by atoms with van der Waals surface area (Å²) in [6, 6.07) is 21.2. The van der Waals surface area contributed by atoms with E-state index in [9.17, 15) is 8.42 Å². The van der Waals surface area contributed by atoms with E-state index in [1.54, 1.807) is 7.11 Å². The molecule has 0 saturated heterocycles. The Morgan fingerprint density at radius 3 is 2.46 bits per heavy atom. The largest absolute Gasteiger partial charge is 0.497 e. The van der Waals surface area contributed by atoms with Crippen LogP contribution < -0.4 is 4.74 Å². The third-order valence-electron chi connectivity index (χ3n) is 4.51. The summed E-state index contributed by atoms with van der Waals surface area (Å²) < 4.78 is 30.7. The van der Waals surface area contributed by atoms with E-state index < -0.39 is 9.84 Å². The van der Waals surface area contributed by atoms with Crippen molar-refractivity contribution >= 4 is 31.9 Å². The molecule has 1 aromatic heterocycles. The maximum absolute atomic E-state index is 12.8. The van der Waals surface area contributed by atoms with Gasteiger partial charge in [0, 0.05) is 10.9 Å². The van der Waals surface area contributed by atoms with Crippen LogP contribution in [-0.2, 0) is 21.3 Å². The van der Waals surface area contributed by atoms with Crippen LogP contribution in [0.1, 0.15) is 11.3 Å². The van der Waals surface area contributed by atoms with Gasteiger partial charge in [-0.2, -0.15) is 0 Å². The minimum atomic E-state index is -3.33. The van der Waals surface area contributed by atoms with Crippen molar-refractivity contribution in [2.45, 2.75) is 11.5 Å². The summed E-state index contributed by atoms with van der Waals surface area (Å²) in [6.45, 7) is 0. The first-order valence-corrected chi connectivity index (χ1v) is 11.5. The minimum absolute atomic E-state index is 0.00372. The van der Waals surface area contributed by atoms with Crippen LogP contribution in [0.25, 0.3) is 21.3 Å². The number of hydrogen-bond donors (Lipinski definition) is 0. The molecule has 0 amide bonds. The number of ether oxygens (including phenoxy) is 1. The van der Waals surface area contributed by atoms with E-state index in [2.05, 4.69) is 4.98 Å². The fraction of sp³-hybridized carbons (Fsp3) is 0.136. The molecule has 6 heteroatoms. The summed E-state index contributed by atoms with van der Waals surface area (Å²) in [7, 11) is -1.71. The quantitative estimate of drug-likeness (QED) is 0.445. The van der Waals surface area contributed by atoms with Crippen molar-refractivity contribution in [1.82, 2.24) is 4.98 Å². The van der Waals surface area contributed by atoms with Gasteiger partial charge in [-0.1, -0.05) is 42.5 Å². The van der Waals surface area contributed by atoms with E-state index in [-0.39, 0.29) is 11.5 Å². The highest BCUT2D eigenvalue weighted by molar-refractivity contribution is 7.89. The second-order valence-corrected chi connectivity index (χ2v) is 9.47. The predicted molar refractivity (Wildman–Crippen MR) is 114 cm³/mol. The lowest BCUT2D eigenvalue weighted by atomic mass is 10.1. The number of rotatable bonds is 6. The lowest BCUT2D eigenvalue weighted by Crippen LogP contribution is -2.08. The van der Waals surface area contributed by atoms with Crippen molar-refractivity contribution in [2.24, 2.45) is 0 Å². The lowest BCUT2D eigenvalue weighted by Gasteiger charge is -2.07. The molecule has 0 bridgehead atoms. The summed E-state index contributed by atoms with van der Waals surface area (Å²) in [5.74, 6) is 0.713. The Kier molecular flexibility index (Phi) is 5.15. The first kappa shape index (κ1) is 18.7. The Morgan fingerprint density at radius 1 is 0.929 bits per heavy atom. The summed E-state index contributed by atoms with van der Waals surface area (Å²) in [5, 5.41) is 4.65. The molecule has 1 heterocycles. The second kappa shape index (κ2) is 7.73. The van der Waals surface area contributed by atoms with Crippen LogP contribution in [0.3, 0.4) is 0 Å². The molecule has 0 spiro atoms. The van der Waals surface area contributed by atoms with Gasteiger partial charge in [-0.25, -0.2) is 13.4 Å². The average molecular weight is 410 g/mol. The molecule has 0 fully saturated rings. The molecule has 4 nitrogen and oxygen atoms in total. The highest BCUT2D eigenvalue weighted by Crippen LogP contribution is 2.27. The maximum Gasteiger partial charge on any atom is 0.160 e. The molecule has 0 aliphatic heterocycles. The summed E-state index contributed by atoms with van der Waals surface area (Å²) in [4.78, 5) is 4.52. The molecule has 0 N–H and O–H groups in total. The zero-order valence-corrected chi connectivity index (χ0v) is 17.0. The molecule has 0 aliphatic carbocycles. The Morgan fingerprint density at radius 2 is 1.68 bits per heavy atom. The van der Waals surface area contributed by atoms with E-state index in [0.29, 0.717) is 5.69 Å². The van der Waals surface area contributed by atoms with Gasteiger partial charge >= 0.3 is 0 Å². The van der Waals surface area contributed by atoms with Gasteiger partial charge in [0.15, 0.2) is 9.84 Å². The summed E-state index contributed by atoms with van der Waals surface area (Å²) in [5.41, 5.74) is 2.35. The van der Waals surface area contributed by atoms with Gasteiger partial charge in [0.25, 0.3) is 0 Å². The van der Waals surface area contributed by atoms with Gasteiger partial charge in [0.2, 0.25) is 0 Å². The number of methoxy groups -OCH3 is 1. The highest BCUT2D eigenvalue weighted by atomic mass is 32.2. The number of hydrogen-bond acceptors (Lipinski definition) is 5. The standard InChI is InChI=1S/C22H19NO3S2/c1-26-20-11-9-17(10-12-20)22-23-19(13-27-22)15-28(24,25)14-18-7-4-6-16-5-2-3-8-21(16)18/h2-13H,14-15H2,1H3. The topological polar surface area (TPSA) is 56.3 Å². The number of benzene rings is 3. The summed E-state index contributed by atoms with van der Waals surface area (Å²) >= 11 is 1.45. The molecular weight excluding hydrogens is 390 g/mol. The Labute approximate surface area is 168 Å². The number of thiazole rings is 1. The van der Waals surface area contributed by atoms with Crippen LogP contribution >= 0.6 is 11.3 Å². The fourth-order valence-corrected chi connectivity index (χ4v) is 5.53. The third-order valence-corrected chi connectivity index (χ3v) is 6.94. The van der Waals surface area contributed by atoms with Crippen molar-refractivity contribution in [2.75, 3.05) is 7.11 Å². The number of nitrogens with zero attached hydrogens (tertiary/aromatic N) is 1. The molecule has 4 rings (SSSR count). The zero-order chi connectivity index (χ0) is 19.6. The maximum atomic E-state index is 12.8. The fourth-order valence-electron chi connectivity index (χ4n) is 3.17. The minimum Gasteiger partial charge on any atom is -0.497 e. The number of fused-ring (bicyclic) bond motifs is 1. The molecule has 0 aliphatic rings. The SMILES string of the molecule is COc1ccc(-c2nc(CS(=O)(=O)Cc3cccc4ccccc34)cs2)cc1. The van der Waals surface area contributed by atoms with Crippen molar-refractivity contribution in [3.8, 4) is 16.3 Å². The number of aromatic nitrogens is 1. The van der Waals surface area contributed by atoms with E-state index >= 15 is 0 Å². The Bertz CT molecular complexity index is 1210. The molecule has 0 unspecified atom stereocenters. The van der Waals surface area contributed by atoms with E-state index in [0.717, 1.165) is 32.7 Å². The zero-order valence-electron chi connectivity index (χ0n) is 15.3. The smallest absolute Gasteiger partial charge is 0.160 e.